The Hall–Kier alpha value is -1.86. The molecule has 0 heterocycles. The summed E-state index contributed by atoms with van der Waals surface area (Å²) in [6.07, 6.45) is 0. The fourth-order valence-electron chi connectivity index (χ4n) is 2.50. The number of hydrogen-bond acceptors (Lipinski definition) is 0. The molecule has 20 heavy (non-hydrogen) atoms. The van der Waals surface area contributed by atoms with E-state index < -0.39 is 5.38 Å². The van der Waals surface area contributed by atoms with Crippen molar-refractivity contribution >= 4 is 22.4 Å². The van der Waals surface area contributed by atoms with Crippen molar-refractivity contribution in [1.29, 1.82) is 0 Å². The molecule has 0 fully saturated rings. The first-order valence-electron chi connectivity index (χ1n) is 6.55. The molecule has 0 aromatic heterocycles. The van der Waals surface area contributed by atoms with E-state index in [1.807, 2.05) is 48.5 Å². The van der Waals surface area contributed by atoms with Crippen molar-refractivity contribution in [2.45, 2.75) is 12.3 Å². The molecule has 0 bridgehead atoms. The van der Waals surface area contributed by atoms with Crippen LogP contribution in [0.4, 0.5) is 4.39 Å². The Morgan fingerprint density at radius 1 is 0.850 bits per heavy atom. The van der Waals surface area contributed by atoms with Crippen molar-refractivity contribution in [1.82, 2.24) is 0 Å². The van der Waals surface area contributed by atoms with Gasteiger partial charge in [-0.05, 0) is 28.8 Å². The highest BCUT2D eigenvalue weighted by atomic mass is 35.5. The molecular weight excluding hydrogens is 271 g/mol. The number of fused-ring (bicyclic) bond motifs is 1. The minimum Gasteiger partial charge on any atom is -0.206 e. The van der Waals surface area contributed by atoms with E-state index >= 15 is 0 Å². The zero-order chi connectivity index (χ0) is 14.1. The van der Waals surface area contributed by atoms with E-state index in [1.54, 1.807) is 19.1 Å². The van der Waals surface area contributed by atoms with Gasteiger partial charge in [0.25, 0.3) is 0 Å². The Bertz CT molecular complexity index is 759. The standard InChI is InChI=1S/C18H14ClF/c1-12-6-4-11-16(18(12)20)17(19)15-10-5-8-13-7-2-3-9-14(13)15/h2-11,17H,1H3. The van der Waals surface area contributed by atoms with Gasteiger partial charge in [0.1, 0.15) is 5.82 Å². The van der Waals surface area contributed by atoms with Gasteiger partial charge in [0.05, 0.1) is 5.38 Å². The predicted molar refractivity (Wildman–Crippen MR) is 82.8 cm³/mol. The summed E-state index contributed by atoms with van der Waals surface area (Å²) < 4.78 is 14.3. The van der Waals surface area contributed by atoms with Crippen molar-refractivity contribution in [3.63, 3.8) is 0 Å². The van der Waals surface area contributed by atoms with Crippen LogP contribution in [0.25, 0.3) is 10.8 Å². The summed E-state index contributed by atoms with van der Waals surface area (Å²) in [5.74, 6) is -0.222. The van der Waals surface area contributed by atoms with E-state index in [0.29, 0.717) is 11.1 Å². The third-order valence-corrected chi connectivity index (χ3v) is 4.06. The van der Waals surface area contributed by atoms with E-state index in [2.05, 4.69) is 0 Å². The first-order chi connectivity index (χ1) is 9.68. The summed E-state index contributed by atoms with van der Waals surface area (Å²) >= 11 is 6.55. The second-order valence-electron chi connectivity index (χ2n) is 4.91. The van der Waals surface area contributed by atoms with Gasteiger partial charge in [-0.15, -0.1) is 11.6 Å². The van der Waals surface area contributed by atoms with Gasteiger partial charge in [-0.25, -0.2) is 4.39 Å². The molecule has 0 amide bonds. The molecule has 0 saturated heterocycles. The lowest BCUT2D eigenvalue weighted by Gasteiger charge is -2.15. The first-order valence-corrected chi connectivity index (χ1v) is 6.99. The van der Waals surface area contributed by atoms with Crippen molar-refractivity contribution < 1.29 is 4.39 Å². The molecule has 0 aliphatic carbocycles. The molecule has 2 heteroatoms. The number of benzene rings is 3. The second-order valence-corrected chi connectivity index (χ2v) is 5.35. The van der Waals surface area contributed by atoms with Crippen LogP contribution in [0.15, 0.2) is 60.7 Å². The molecule has 1 atom stereocenters. The number of aryl methyl sites for hydroxylation is 1. The van der Waals surface area contributed by atoms with Crippen molar-refractivity contribution in [3.05, 3.63) is 83.2 Å². The maximum atomic E-state index is 14.3. The van der Waals surface area contributed by atoms with Crippen LogP contribution in [0.5, 0.6) is 0 Å². The molecule has 0 aliphatic rings. The van der Waals surface area contributed by atoms with Gasteiger partial charge in [-0.3, -0.25) is 0 Å². The Labute approximate surface area is 122 Å². The zero-order valence-corrected chi connectivity index (χ0v) is 11.9. The number of rotatable bonds is 2. The lowest BCUT2D eigenvalue weighted by Crippen LogP contribution is -1.99. The molecule has 1 unspecified atom stereocenters. The Morgan fingerprint density at radius 2 is 1.50 bits per heavy atom. The largest absolute Gasteiger partial charge is 0.206 e. The molecule has 3 aromatic rings. The van der Waals surface area contributed by atoms with Crippen LogP contribution in [-0.2, 0) is 0 Å². The van der Waals surface area contributed by atoms with Crippen LogP contribution in [0.2, 0.25) is 0 Å². The van der Waals surface area contributed by atoms with Gasteiger partial charge >= 0.3 is 0 Å². The average Bonchev–Trinajstić information content (AvgIpc) is 2.49. The van der Waals surface area contributed by atoms with Gasteiger partial charge < -0.3 is 0 Å². The SMILES string of the molecule is Cc1cccc(C(Cl)c2cccc3ccccc23)c1F. The highest BCUT2D eigenvalue weighted by Gasteiger charge is 2.18. The monoisotopic (exact) mass is 284 g/mol. The number of hydrogen-bond donors (Lipinski definition) is 0. The molecule has 0 spiro atoms. The molecule has 3 rings (SSSR count). The molecule has 0 nitrogen and oxygen atoms in total. The lowest BCUT2D eigenvalue weighted by molar-refractivity contribution is 0.603. The summed E-state index contributed by atoms with van der Waals surface area (Å²) in [6.45, 7) is 1.76. The number of halogens is 2. The van der Waals surface area contributed by atoms with Crippen molar-refractivity contribution in [2.24, 2.45) is 0 Å². The molecular formula is C18H14ClF. The van der Waals surface area contributed by atoms with Crippen LogP contribution < -0.4 is 0 Å². The molecule has 3 aromatic carbocycles. The van der Waals surface area contributed by atoms with E-state index in [1.165, 1.54) is 0 Å². The maximum absolute atomic E-state index is 14.3. The van der Waals surface area contributed by atoms with E-state index in [4.69, 9.17) is 11.6 Å². The highest BCUT2D eigenvalue weighted by molar-refractivity contribution is 6.23. The van der Waals surface area contributed by atoms with Crippen molar-refractivity contribution in [2.75, 3.05) is 0 Å². The predicted octanol–water partition coefficient (Wildman–Crippen LogP) is 5.62. The second kappa shape index (κ2) is 5.26. The smallest absolute Gasteiger partial charge is 0.131 e. The quantitative estimate of drug-likeness (QED) is 0.536. The summed E-state index contributed by atoms with van der Waals surface area (Å²) in [5.41, 5.74) is 2.09. The Balaban J connectivity index is 2.18. The zero-order valence-electron chi connectivity index (χ0n) is 11.1. The van der Waals surface area contributed by atoms with Gasteiger partial charge in [-0.1, -0.05) is 60.7 Å². The first kappa shape index (κ1) is 13.1. The van der Waals surface area contributed by atoms with Crippen LogP contribution in [-0.4, -0.2) is 0 Å². The van der Waals surface area contributed by atoms with Crippen LogP contribution >= 0.6 is 11.6 Å². The highest BCUT2D eigenvalue weighted by Crippen LogP contribution is 2.35. The minimum atomic E-state index is -0.485. The molecule has 100 valence electrons. The Kier molecular flexibility index (Phi) is 3.45. The third kappa shape index (κ3) is 2.19. The average molecular weight is 285 g/mol. The van der Waals surface area contributed by atoms with Crippen LogP contribution in [0.3, 0.4) is 0 Å². The molecule has 0 N–H and O–H groups in total. The summed E-state index contributed by atoms with van der Waals surface area (Å²) in [7, 11) is 0. The Morgan fingerprint density at radius 3 is 2.35 bits per heavy atom. The minimum absolute atomic E-state index is 0.222. The topological polar surface area (TPSA) is 0 Å². The fraction of sp³-hybridized carbons (Fsp3) is 0.111. The van der Waals surface area contributed by atoms with Crippen LogP contribution in [0.1, 0.15) is 22.1 Å². The van der Waals surface area contributed by atoms with Gasteiger partial charge in [0, 0.05) is 5.56 Å². The van der Waals surface area contributed by atoms with Crippen LogP contribution in [0, 0.1) is 12.7 Å². The van der Waals surface area contributed by atoms with Crippen molar-refractivity contribution in [3.8, 4) is 0 Å². The normalized spacial score (nSPS) is 12.6. The van der Waals surface area contributed by atoms with Gasteiger partial charge in [0.2, 0.25) is 0 Å². The molecule has 0 saturated carbocycles. The van der Waals surface area contributed by atoms with Gasteiger partial charge in [-0.2, -0.15) is 0 Å². The summed E-state index contributed by atoms with van der Waals surface area (Å²) in [5, 5.41) is 1.70. The molecule has 0 aliphatic heterocycles. The summed E-state index contributed by atoms with van der Waals surface area (Å²) in [4.78, 5) is 0. The third-order valence-electron chi connectivity index (χ3n) is 3.59. The fourth-order valence-corrected chi connectivity index (χ4v) is 2.86. The lowest BCUT2D eigenvalue weighted by atomic mass is 9.97. The number of alkyl halides is 1. The van der Waals surface area contributed by atoms with E-state index in [-0.39, 0.29) is 5.82 Å². The molecule has 0 radical (unpaired) electrons. The van der Waals surface area contributed by atoms with E-state index in [9.17, 15) is 4.39 Å². The van der Waals surface area contributed by atoms with Gasteiger partial charge in [0.15, 0.2) is 0 Å². The van der Waals surface area contributed by atoms with E-state index in [0.717, 1.165) is 16.3 Å². The maximum Gasteiger partial charge on any atom is 0.131 e. The summed E-state index contributed by atoms with van der Waals surface area (Å²) in [6, 6.07) is 19.3.